The number of hydrogen-bond donors (Lipinski definition) is 1. The van der Waals surface area contributed by atoms with Crippen molar-refractivity contribution in [3.8, 4) is 22.8 Å². The number of fused-ring (bicyclic) bond motifs is 4. The number of morpholine rings is 1. The lowest BCUT2D eigenvalue weighted by atomic mass is 10.0. The highest BCUT2D eigenvalue weighted by atomic mass is 32.2. The molecule has 2 aromatic carbocycles. The molecule has 0 amide bonds. The smallest absolute Gasteiger partial charge is 0.164 e. The topological polar surface area (TPSA) is 54.8 Å². The highest BCUT2D eigenvalue weighted by Gasteiger charge is 2.24. The van der Waals surface area contributed by atoms with E-state index in [0.29, 0.717) is 25.5 Å². The fraction of sp³-hybridized carbons (Fsp3) is 0.318. The first-order valence-corrected chi connectivity index (χ1v) is 10.6. The number of phenolic OH excluding ortho intramolecular Hbond substituents is 1. The summed E-state index contributed by atoms with van der Waals surface area (Å²) in [5, 5.41) is 11.8. The first-order chi connectivity index (χ1) is 14.1. The Morgan fingerprint density at radius 2 is 2.07 bits per heavy atom. The molecule has 3 heterocycles. The summed E-state index contributed by atoms with van der Waals surface area (Å²) in [5.74, 6) is 1.06. The van der Waals surface area contributed by atoms with Crippen LogP contribution in [0.2, 0.25) is 0 Å². The second-order valence-corrected chi connectivity index (χ2v) is 8.31. The zero-order valence-corrected chi connectivity index (χ0v) is 16.9. The molecule has 29 heavy (non-hydrogen) atoms. The molecule has 1 saturated heterocycles. The molecule has 7 heteroatoms. The standard InChI is InChI=1S/C22H21FN2O3S/c1-27-18-9-13-8-14-12-29-19-3-2-15(23)10-16(19)21(14)24-20(13)17(22(18)26)11-25-4-6-28-7-5-25/h2-3,8-10,26H,4-7,11-12H2,1H3. The minimum atomic E-state index is -0.273. The van der Waals surface area contributed by atoms with Gasteiger partial charge in [0.2, 0.25) is 0 Å². The number of phenols is 1. The van der Waals surface area contributed by atoms with Gasteiger partial charge in [-0.2, -0.15) is 0 Å². The predicted octanol–water partition coefficient (Wildman–Crippen LogP) is 4.19. The van der Waals surface area contributed by atoms with E-state index in [2.05, 4.69) is 11.0 Å². The normalized spacial score (nSPS) is 16.5. The van der Waals surface area contributed by atoms with Crippen LogP contribution in [-0.4, -0.2) is 48.4 Å². The average molecular weight is 412 g/mol. The molecule has 1 fully saturated rings. The highest BCUT2D eigenvalue weighted by Crippen LogP contribution is 2.44. The fourth-order valence-electron chi connectivity index (χ4n) is 3.99. The Morgan fingerprint density at radius 3 is 2.86 bits per heavy atom. The van der Waals surface area contributed by atoms with Crippen molar-refractivity contribution in [3.63, 3.8) is 0 Å². The molecular formula is C22H21FN2O3S. The van der Waals surface area contributed by atoms with E-state index in [9.17, 15) is 9.50 Å². The van der Waals surface area contributed by atoms with E-state index in [0.717, 1.165) is 57.0 Å². The molecule has 0 spiro atoms. The zero-order chi connectivity index (χ0) is 20.0. The minimum Gasteiger partial charge on any atom is -0.504 e. The fourth-order valence-corrected chi connectivity index (χ4v) is 5.00. The summed E-state index contributed by atoms with van der Waals surface area (Å²) in [7, 11) is 1.56. The SMILES string of the molecule is COc1cc2cc3c(nc2c(CN2CCOCC2)c1O)-c1cc(F)ccc1SC3. The number of hydrogen-bond acceptors (Lipinski definition) is 6. The van der Waals surface area contributed by atoms with Gasteiger partial charge in [-0.05, 0) is 35.9 Å². The number of thioether (sulfide) groups is 1. The second-order valence-electron chi connectivity index (χ2n) is 7.29. The Balaban J connectivity index is 1.70. The van der Waals surface area contributed by atoms with Crippen molar-refractivity contribution in [1.29, 1.82) is 0 Å². The van der Waals surface area contributed by atoms with Gasteiger partial charge in [0, 0.05) is 46.8 Å². The maximum atomic E-state index is 13.9. The predicted molar refractivity (Wildman–Crippen MR) is 111 cm³/mol. The lowest BCUT2D eigenvalue weighted by Crippen LogP contribution is -2.35. The third-order valence-electron chi connectivity index (χ3n) is 5.51. The summed E-state index contributed by atoms with van der Waals surface area (Å²) >= 11 is 1.69. The Hall–Kier alpha value is -2.35. The molecule has 0 atom stereocenters. The summed E-state index contributed by atoms with van der Waals surface area (Å²) in [5.41, 5.74) is 4.13. The quantitative estimate of drug-likeness (QED) is 0.696. The van der Waals surface area contributed by atoms with Crippen LogP contribution in [0.15, 0.2) is 35.2 Å². The Bertz CT molecular complexity index is 1100. The van der Waals surface area contributed by atoms with E-state index in [-0.39, 0.29) is 11.6 Å². The van der Waals surface area contributed by atoms with Gasteiger partial charge in [-0.25, -0.2) is 9.37 Å². The maximum Gasteiger partial charge on any atom is 0.164 e. The van der Waals surface area contributed by atoms with Crippen LogP contribution in [0.3, 0.4) is 0 Å². The summed E-state index contributed by atoms with van der Waals surface area (Å²) in [4.78, 5) is 8.21. The summed E-state index contributed by atoms with van der Waals surface area (Å²) in [6, 6.07) is 8.75. The van der Waals surface area contributed by atoms with Gasteiger partial charge in [0.1, 0.15) is 5.82 Å². The van der Waals surface area contributed by atoms with E-state index in [1.54, 1.807) is 24.9 Å². The number of aromatic nitrogens is 1. The number of pyridine rings is 1. The molecule has 3 aromatic rings. The molecule has 0 radical (unpaired) electrons. The van der Waals surface area contributed by atoms with Crippen LogP contribution in [0.4, 0.5) is 4.39 Å². The molecule has 2 aliphatic heterocycles. The third kappa shape index (κ3) is 3.33. The molecule has 150 valence electrons. The lowest BCUT2D eigenvalue weighted by molar-refractivity contribution is 0.0340. The molecule has 5 rings (SSSR count). The number of nitrogens with zero attached hydrogens (tertiary/aromatic N) is 2. The van der Waals surface area contributed by atoms with Crippen LogP contribution in [-0.2, 0) is 17.0 Å². The first kappa shape index (κ1) is 18.7. The number of rotatable bonds is 3. The van der Waals surface area contributed by atoms with Crippen LogP contribution in [0.1, 0.15) is 11.1 Å². The largest absolute Gasteiger partial charge is 0.504 e. The van der Waals surface area contributed by atoms with Gasteiger partial charge in [-0.3, -0.25) is 4.90 Å². The highest BCUT2D eigenvalue weighted by molar-refractivity contribution is 7.98. The second kappa shape index (κ2) is 7.48. The van der Waals surface area contributed by atoms with Crippen molar-refractivity contribution in [2.75, 3.05) is 33.4 Å². The van der Waals surface area contributed by atoms with E-state index >= 15 is 0 Å². The molecule has 1 N–H and O–H groups in total. The monoisotopic (exact) mass is 412 g/mol. The number of aromatic hydroxyl groups is 1. The van der Waals surface area contributed by atoms with Crippen molar-refractivity contribution in [2.45, 2.75) is 17.2 Å². The van der Waals surface area contributed by atoms with Crippen molar-refractivity contribution < 1.29 is 19.0 Å². The lowest BCUT2D eigenvalue weighted by Gasteiger charge is -2.28. The van der Waals surface area contributed by atoms with Crippen molar-refractivity contribution in [1.82, 2.24) is 9.88 Å². The van der Waals surface area contributed by atoms with Crippen LogP contribution in [0, 0.1) is 5.82 Å². The molecule has 0 aliphatic carbocycles. The van der Waals surface area contributed by atoms with Crippen molar-refractivity contribution >= 4 is 22.7 Å². The first-order valence-electron chi connectivity index (χ1n) is 9.59. The van der Waals surface area contributed by atoms with Crippen molar-refractivity contribution in [2.24, 2.45) is 0 Å². The molecule has 1 aromatic heterocycles. The van der Waals surface area contributed by atoms with Gasteiger partial charge in [-0.15, -0.1) is 11.8 Å². The number of ether oxygens (including phenoxy) is 2. The van der Waals surface area contributed by atoms with E-state index in [1.807, 2.05) is 12.1 Å². The van der Waals surface area contributed by atoms with Gasteiger partial charge in [0.15, 0.2) is 11.5 Å². The zero-order valence-electron chi connectivity index (χ0n) is 16.1. The van der Waals surface area contributed by atoms with Gasteiger partial charge >= 0.3 is 0 Å². The summed E-state index contributed by atoms with van der Waals surface area (Å²) in [6.07, 6.45) is 0. The van der Waals surface area contributed by atoms with Gasteiger partial charge in [-0.1, -0.05) is 0 Å². The van der Waals surface area contributed by atoms with Gasteiger partial charge in [0.05, 0.1) is 31.5 Å². The van der Waals surface area contributed by atoms with Crippen LogP contribution in [0.25, 0.3) is 22.2 Å². The molecule has 0 saturated carbocycles. The molecule has 0 bridgehead atoms. The molecule has 0 unspecified atom stereocenters. The third-order valence-corrected chi connectivity index (χ3v) is 6.63. The number of benzene rings is 2. The number of halogens is 1. The van der Waals surface area contributed by atoms with Crippen LogP contribution < -0.4 is 4.74 Å². The maximum absolute atomic E-state index is 13.9. The molecular weight excluding hydrogens is 391 g/mol. The van der Waals surface area contributed by atoms with E-state index in [4.69, 9.17) is 14.5 Å². The average Bonchev–Trinajstić information content (AvgIpc) is 2.75. The van der Waals surface area contributed by atoms with E-state index < -0.39 is 0 Å². The minimum absolute atomic E-state index is 0.114. The van der Waals surface area contributed by atoms with Gasteiger partial charge < -0.3 is 14.6 Å². The Labute approximate surface area is 172 Å². The summed E-state index contributed by atoms with van der Waals surface area (Å²) in [6.45, 7) is 3.51. The van der Waals surface area contributed by atoms with Crippen molar-refractivity contribution in [3.05, 3.63) is 47.3 Å². The Kier molecular flexibility index (Phi) is 4.81. The molecule has 2 aliphatic rings. The summed E-state index contributed by atoms with van der Waals surface area (Å²) < 4.78 is 24.8. The Morgan fingerprint density at radius 1 is 1.24 bits per heavy atom. The van der Waals surface area contributed by atoms with E-state index in [1.165, 1.54) is 6.07 Å². The van der Waals surface area contributed by atoms with Crippen LogP contribution >= 0.6 is 11.8 Å². The number of methoxy groups -OCH3 is 1. The molecule has 5 nitrogen and oxygen atoms in total. The van der Waals surface area contributed by atoms with Gasteiger partial charge in [0.25, 0.3) is 0 Å². The van der Waals surface area contributed by atoms with Crippen LogP contribution in [0.5, 0.6) is 11.5 Å².